The molecule has 1 aromatic rings. The first-order valence-corrected chi connectivity index (χ1v) is 5.86. The summed E-state index contributed by atoms with van der Waals surface area (Å²) in [5.74, 6) is -0.974. The van der Waals surface area contributed by atoms with Gasteiger partial charge >= 0.3 is 12.1 Å². The molecule has 1 saturated heterocycles. The Hall–Kier alpha value is -2.37. The molecular weight excluding hydrogens is 250 g/mol. The maximum absolute atomic E-state index is 11.7. The maximum Gasteiger partial charge on any atom is 0.414 e. The number of hydrogen-bond acceptors (Lipinski definition) is 4. The van der Waals surface area contributed by atoms with Gasteiger partial charge in [-0.3, -0.25) is 4.79 Å². The summed E-state index contributed by atoms with van der Waals surface area (Å²) in [6.07, 6.45) is -0.754. The Bertz CT molecular complexity index is 499. The molecule has 19 heavy (non-hydrogen) atoms. The summed E-state index contributed by atoms with van der Waals surface area (Å²) < 4.78 is 5.04. The molecule has 6 nitrogen and oxygen atoms in total. The normalized spacial score (nSPS) is 18.4. The van der Waals surface area contributed by atoms with Crippen LogP contribution < -0.4 is 0 Å². The van der Waals surface area contributed by atoms with Crippen molar-refractivity contribution >= 4 is 18.0 Å². The number of amides is 2. The number of imide groups is 1. The fraction of sp³-hybridized carbons (Fsp3) is 0.308. The number of carbonyl (C=O) groups excluding carboxylic acids is 2. The molecule has 1 heterocycles. The number of ether oxygens (including phenoxy) is 1. The van der Waals surface area contributed by atoms with Crippen LogP contribution in [0.3, 0.4) is 0 Å². The maximum atomic E-state index is 11.7. The molecule has 1 aromatic carbocycles. The lowest BCUT2D eigenvalue weighted by molar-refractivity contribution is -0.127. The first-order valence-electron chi connectivity index (χ1n) is 5.86. The zero-order valence-electron chi connectivity index (χ0n) is 10.1. The Labute approximate surface area is 109 Å². The second-order valence-electron chi connectivity index (χ2n) is 4.20. The summed E-state index contributed by atoms with van der Waals surface area (Å²) in [7, 11) is 0. The lowest BCUT2D eigenvalue weighted by Gasteiger charge is -2.19. The molecular formula is C13H13NO5. The van der Waals surface area contributed by atoms with Crippen molar-refractivity contribution in [2.75, 3.05) is 6.61 Å². The van der Waals surface area contributed by atoms with Gasteiger partial charge in [-0.25, -0.2) is 14.5 Å². The van der Waals surface area contributed by atoms with Crippen molar-refractivity contribution in [2.45, 2.75) is 18.9 Å². The molecule has 0 bridgehead atoms. The standard InChI is InChI=1S/C13H13NO5/c15-11-7-6-10(14(11)13(17)18)8-19-12(16)9-4-2-1-3-5-9/h1-5,10H,6-8H2,(H,17,18)/t10-/m0/s1. The number of rotatable bonds is 3. The van der Waals surface area contributed by atoms with E-state index in [0.29, 0.717) is 12.0 Å². The molecule has 100 valence electrons. The van der Waals surface area contributed by atoms with Gasteiger partial charge in [0.1, 0.15) is 6.61 Å². The van der Waals surface area contributed by atoms with Crippen LogP contribution in [-0.2, 0) is 9.53 Å². The number of carbonyl (C=O) groups is 3. The summed E-state index contributed by atoms with van der Waals surface area (Å²) in [5.41, 5.74) is 0.397. The average molecular weight is 263 g/mol. The highest BCUT2D eigenvalue weighted by Crippen LogP contribution is 2.19. The van der Waals surface area contributed by atoms with Crippen LogP contribution in [0.2, 0.25) is 0 Å². The van der Waals surface area contributed by atoms with Gasteiger partial charge in [-0.05, 0) is 18.6 Å². The van der Waals surface area contributed by atoms with E-state index in [2.05, 4.69) is 0 Å². The number of hydrogen-bond donors (Lipinski definition) is 1. The Morgan fingerprint density at radius 2 is 2.00 bits per heavy atom. The molecule has 0 spiro atoms. The van der Waals surface area contributed by atoms with Crippen molar-refractivity contribution in [1.82, 2.24) is 4.90 Å². The number of esters is 1. The highest BCUT2D eigenvalue weighted by molar-refractivity contribution is 5.93. The van der Waals surface area contributed by atoms with Crippen molar-refractivity contribution < 1.29 is 24.2 Å². The van der Waals surface area contributed by atoms with Crippen LogP contribution >= 0.6 is 0 Å². The molecule has 2 amide bonds. The zero-order valence-corrected chi connectivity index (χ0v) is 10.1. The predicted octanol–water partition coefficient (Wildman–Crippen LogP) is 1.51. The molecule has 6 heteroatoms. The van der Waals surface area contributed by atoms with E-state index in [1.165, 1.54) is 0 Å². The summed E-state index contributed by atoms with van der Waals surface area (Å²) in [6, 6.07) is 7.82. The molecule has 0 radical (unpaired) electrons. The van der Waals surface area contributed by atoms with E-state index in [-0.39, 0.29) is 13.0 Å². The zero-order chi connectivity index (χ0) is 13.8. The SMILES string of the molecule is O=C(OC[C@@H]1CCC(=O)N1C(=O)O)c1ccccc1. The Morgan fingerprint density at radius 3 is 2.63 bits per heavy atom. The summed E-state index contributed by atoms with van der Waals surface area (Å²) in [5, 5.41) is 8.90. The van der Waals surface area contributed by atoms with Crippen LogP contribution in [0.5, 0.6) is 0 Å². The van der Waals surface area contributed by atoms with E-state index >= 15 is 0 Å². The number of carboxylic acid groups (broad SMARTS) is 1. The van der Waals surface area contributed by atoms with E-state index in [1.807, 2.05) is 0 Å². The van der Waals surface area contributed by atoms with Crippen LogP contribution in [0.25, 0.3) is 0 Å². The Kier molecular flexibility index (Phi) is 3.79. The van der Waals surface area contributed by atoms with Gasteiger partial charge in [-0.2, -0.15) is 0 Å². The summed E-state index contributed by atoms with van der Waals surface area (Å²) >= 11 is 0. The van der Waals surface area contributed by atoms with Gasteiger partial charge in [0.25, 0.3) is 0 Å². The third-order valence-corrected chi connectivity index (χ3v) is 2.95. The second kappa shape index (κ2) is 5.51. The Morgan fingerprint density at radius 1 is 1.32 bits per heavy atom. The number of benzene rings is 1. The lowest BCUT2D eigenvalue weighted by atomic mass is 10.2. The van der Waals surface area contributed by atoms with Gasteiger partial charge in [-0.15, -0.1) is 0 Å². The van der Waals surface area contributed by atoms with Crippen LogP contribution in [-0.4, -0.2) is 40.6 Å². The van der Waals surface area contributed by atoms with Crippen LogP contribution in [0.1, 0.15) is 23.2 Å². The van der Waals surface area contributed by atoms with Crippen LogP contribution in [0, 0.1) is 0 Å². The van der Waals surface area contributed by atoms with Gasteiger partial charge in [0.15, 0.2) is 0 Å². The molecule has 0 unspecified atom stereocenters. The van der Waals surface area contributed by atoms with E-state index in [1.54, 1.807) is 30.3 Å². The minimum atomic E-state index is -1.30. The molecule has 2 rings (SSSR count). The van der Waals surface area contributed by atoms with Gasteiger partial charge in [-0.1, -0.05) is 18.2 Å². The van der Waals surface area contributed by atoms with E-state index in [9.17, 15) is 14.4 Å². The molecule has 1 fully saturated rings. The fourth-order valence-corrected chi connectivity index (χ4v) is 1.99. The van der Waals surface area contributed by atoms with Gasteiger partial charge in [0, 0.05) is 6.42 Å². The van der Waals surface area contributed by atoms with Crippen molar-refractivity contribution in [3.8, 4) is 0 Å². The van der Waals surface area contributed by atoms with Crippen molar-refractivity contribution in [2.24, 2.45) is 0 Å². The second-order valence-corrected chi connectivity index (χ2v) is 4.20. The monoisotopic (exact) mass is 263 g/mol. The van der Waals surface area contributed by atoms with E-state index in [0.717, 1.165) is 4.90 Å². The molecule has 0 saturated carbocycles. The molecule has 0 aromatic heterocycles. The molecule has 1 N–H and O–H groups in total. The summed E-state index contributed by atoms with van der Waals surface area (Å²) in [4.78, 5) is 34.7. The minimum absolute atomic E-state index is 0.105. The predicted molar refractivity (Wildman–Crippen MR) is 64.6 cm³/mol. The van der Waals surface area contributed by atoms with E-state index < -0.39 is 24.0 Å². The molecule has 1 aliphatic rings. The van der Waals surface area contributed by atoms with Crippen molar-refractivity contribution in [3.05, 3.63) is 35.9 Å². The van der Waals surface area contributed by atoms with Crippen molar-refractivity contribution in [3.63, 3.8) is 0 Å². The number of likely N-dealkylation sites (tertiary alicyclic amines) is 1. The largest absolute Gasteiger partial charge is 0.465 e. The fourth-order valence-electron chi connectivity index (χ4n) is 1.99. The highest BCUT2D eigenvalue weighted by Gasteiger charge is 2.36. The quantitative estimate of drug-likeness (QED) is 0.836. The first-order chi connectivity index (χ1) is 9.09. The molecule has 1 atom stereocenters. The minimum Gasteiger partial charge on any atom is -0.465 e. The smallest absolute Gasteiger partial charge is 0.414 e. The van der Waals surface area contributed by atoms with Gasteiger partial charge < -0.3 is 9.84 Å². The third kappa shape index (κ3) is 2.90. The topological polar surface area (TPSA) is 83.9 Å². The van der Waals surface area contributed by atoms with Crippen LogP contribution in [0.15, 0.2) is 30.3 Å². The lowest BCUT2D eigenvalue weighted by Crippen LogP contribution is -2.40. The van der Waals surface area contributed by atoms with Gasteiger partial charge in [0.2, 0.25) is 5.91 Å². The van der Waals surface area contributed by atoms with Crippen LogP contribution in [0.4, 0.5) is 4.79 Å². The highest BCUT2D eigenvalue weighted by atomic mass is 16.5. The average Bonchev–Trinajstić information content (AvgIpc) is 2.78. The third-order valence-electron chi connectivity index (χ3n) is 2.95. The number of nitrogens with zero attached hydrogens (tertiary/aromatic N) is 1. The molecule has 1 aliphatic heterocycles. The van der Waals surface area contributed by atoms with Crippen molar-refractivity contribution in [1.29, 1.82) is 0 Å². The summed E-state index contributed by atoms with van der Waals surface area (Å²) in [6.45, 7) is -0.105. The van der Waals surface area contributed by atoms with E-state index in [4.69, 9.17) is 9.84 Å². The Balaban J connectivity index is 1.94. The molecule has 0 aliphatic carbocycles. The van der Waals surface area contributed by atoms with Gasteiger partial charge in [0.05, 0.1) is 11.6 Å². The first kappa shape index (κ1) is 13.1.